The molecule has 1 fully saturated rings. The number of piperazine rings is 1. The van der Waals surface area contributed by atoms with Crippen molar-refractivity contribution in [3.63, 3.8) is 0 Å². The van der Waals surface area contributed by atoms with Gasteiger partial charge in [0, 0.05) is 26.2 Å². The Morgan fingerprint density at radius 3 is 2.35 bits per heavy atom. The maximum Gasteiger partial charge on any atom is 0.180 e. The second-order valence-corrected chi connectivity index (χ2v) is 5.64. The van der Waals surface area contributed by atoms with Gasteiger partial charge in [-0.25, -0.2) is 0 Å². The second-order valence-electron chi connectivity index (χ2n) is 5.64. The number of hydrogen-bond acceptors (Lipinski definition) is 4. The third-order valence-electron chi connectivity index (χ3n) is 4.08. The summed E-state index contributed by atoms with van der Waals surface area (Å²) in [6.45, 7) is 8.50. The van der Waals surface area contributed by atoms with Crippen LogP contribution in [0, 0.1) is 13.8 Å². The van der Waals surface area contributed by atoms with E-state index in [1.54, 1.807) is 7.11 Å². The van der Waals surface area contributed by atoms with Crippen LogP contribution in [0.5, 0.6) is 5.75 Å². The van der Waals surface area contributed by atoms with E-state index in [-0.39, 0.29) is 5.78 Å². The molecule has 0 aromatic heterocycles. The first-order chi connectivity index (χ1) is 9.51. The molecule has 0 radical (unpaired) electrons. The average Bonchev–Trinajstić information content (AvgIpc) is 2.43. The summed E-state index contributed by atoms with van der Waals surface area (Å²) in [7, 11) is 3.74. The fourth-order valence-electron chi connectivity index (χ4n) is 2.47. The summed E-state index contributed by atoms with van der Waals surface area (Å²) in [5.41, 5.74) is 2.99. The van der Waals surface area contributed by atoms with Crippen LogP contribution in [0.1, 0.15) is 21.5 Å². The van der Waals surface area contributed by atoms with Crippen molar-refractivity contribution in [3.05, 3.63) is 28.8 Å². The molecule has 1 aromatic rings. The van der Waals surface area contributed by atoms with E-state index >= 15 is 0 Å². The van der Waals surface area contributed by atoms with E-state index < -0.39 is 0 Å². The van der Waals surface area contributed by atoms with Crippen LogP contribution in [-0.4, -0.2) is 62.5 Å². The molecule has 20 heavy (non-hydrogen) atoms. The molecule has 4 heteroatoms. The Morgan fingerprint density at radius 2 is 1.75 bits per heavy atom. The lowest BCUT2D eigenvalue weighted by molar-refractivity contribution is 0.0873. The monoisotopic (exact) mass is 276 g/mol. The molecule has 0 atom stereocenters. The van der Waals surface area contributed by atoms with Crippen LogP contribution >= 0.6 is 0 Å². The minimum atomic E-state index is 0.148. The van der Waals surface area contributed by atoms with Crippen LogP contribution in [0.2, 0.25) is 0 Å². The summed E-state index contributed by atoms with van der Waals surface area (Å²) in [6.07, 6.45) is 0. The van der Waals surface area contributed by atoms with E-state index in [9.17, 15) is 4.79 Å². The van der Waals surface area contributed by atoms with Crippen molar-refractivity contribution in [2.24, 2.45) is 0 Å². The van der Waals surface area contributed by atoms with Crippen molar-refractivity contribution >= 4 is 5.78 Å². The number of nitrogens with zero attached hydrogens (tertiary/aromatic N) is 2. The van der Waals surface area contributed by atoms with Crippen LogP contribution < -0.4 is 4.74 Å². The molecular formula is C16H24N2O2. The number of carbonyl (C=O) groups is 1. The van der Waals surface area contributed by atoms with E-state index in [1.807, 2.05) is 26.0 Å². The smallest absolute Gasteiger partial charge is 0.180 e. The molecule has 1 aliphatic heterocycles. The predicted octanol–water partition coefficient (Wildman–Crippen LogP) is 1.74. The van der Waals surface area contributed by atoms with Crippen LogP contribution in [0.3, 0.4) is 0 Å². The highest BCUT2D eigenvalue weighted by molar-refractivity contribution is 6.00. The lowest BCUT2D eigenvalue weighted by Crippen LogP contribution is -2.46. The van der Waals surface area contributed by atoms with Crippen molar-refractivity contribution < 1.29 is 9.53 Å². The summed E-state index contributed by atoms with van der Waals surface area (Å²) < 4.78 is 5.36. The number of ether oxygens (including phenoxy) is 1. The summed E-state index contributed by atoms with van der Waals surface area (Å²) >= 11 is 0. The molecule has 2 rings (SSSR count). The van der Waals surface area contributed by atoms with Gasteiger partial charge < -0.3 is 9.64 Å². The van der Waals surface area contributed by atoms with Gasteiger partial charge in [0.1, 0.15) is 5.75 Å². The maximum absolute atomic E-state index is 12.5. The predicted molar refractivity (Wildman–Crippen MR) is 80.7 cm³/mol. The van der Waals surface area contributed by atoms with Gasteiger partial charge in [-0.1, -0.05) is 0 Å². The summed E-state index contributed by atoms with van der Waals surface area (Å²) in [6, 6.07) is 3.90. The SMILES string of the molecule is COc1cc(C)c(C)cc1C(=O)CN1CCN(C)CC1. The molecule has 0 saturated carbocycles. The van der Waals surface area contributed by atoms with Crippen LogP contribution in [0.4, 0.5) is 0 Å². The zero-order valence-electron chi connectivity index (χ0n) is 12.9. The molecule has 1 heterocycles. The maximum atomic E-state index is 12.5. The molecular weight excluding hydrogens is 252 g/mol. The number of Topliss-reactive ketones (excluding diaryl/α,β-unsaturated/α-hetero) is 1. The number of benzene rings is 1. The minimum Gasteiger partial charge on any atom is -0.496 e. The van der Waals surface area contributed by atoms with E-state index in [0.717, 1.165) is 37.3 Å². The first-order valence-corrected chi connectivity index (χ1v) is 7.10. The zero-order valence-corrected chi connectivity index (χ0v) is 12.9. The Balaban J connectivity index is 2.11. The largest absolute Gasteiger partial charge is 0.496 e. The van der Waals surface area contributed by atoms with Crippen molar-refractivity contribution in [1.29, 1.82) is 0 Å². The minimum absolute atomic E-state index is 0.148. The number of ketones is 1. The topological polar surface area (TPSA) is 32.8 Å². The van der Waals surface area contributed by atoms with E-state index in [1.165, 1.54) is 0 Å². The molecule has 0 unspecified atom stereocenters. The van der Waals surface area contributed by atoms with E-state index in [2.05, 4.69) is 16.8 Å². The third-order valence-corrected chi connectivity index (χ3v) is 4.08. The highest BCUT2D eigenvalue weighted by Crippen LogP contribution is 2.23. The van der Waals surface area contributed by atoms with E-state index in [0.29, 0.717) is 17.9 Å². The summed E-state index contributed by atoms with van der Waals surface area (Å²) in [4.78, 5) is 17.0. The Bertz CT molecular complexity index is 491. The number of carbonyl (C=O) groups excluding carboxylic acids is 1. The van der Waals surface area contributed by atoms with Gasteiger partial charge in [-0.05, 0) is 44.2 Å². The highest BCUT2D eigenvalue weighted by atomic mass is 16.5. The Hall–Kier alpha value is -1.39. The van der Waals surface area contributed by atoms with Gasteiger partial charge in [0.25, 0.3) is 0 Å². The molecule has 0 bridgehead atoms. The van der Waals surface area contributed by atoms with Gasteiger partial charge in [-0.2, -0.15) is 0 Å². The van der Waals surface area contributed by atoms with Crippen LogP contribution in [0.25, 0.3) is 0 Å². The zero-order chi connectivity index (χ0) is 14.7. The van der Waals surface area contributed by atoms with Crippen molar-refractivity contribution in [2.45, 2.75) is 13.8 Å². The van der Waals surface area contributed by atoms with Crippen molar-refractivity contribution in [3.8, 4) is 5.75 Å². The molecule has 0 aliphatic carbocycles. The number of likely N-dealkylation sites (N-methyl/N-ethyl adjacent to an activating group) is 1. The van der Waals surface area contributed by atoms with Crippen molar-refractivity contribution in [1.82, 2.24) is 9.80 Å². The van der Waals surface area contributed by atoms with Gasteiger partial charge in [-0.15, -0.1) is 0 Å². The highest BCUT2D eigenvalue weighted by Gasteiger charge is 2.20. The molecule has 1 aromatic carbocycles. The van der Waals surface area contributed by atoms with Crippen LogP contribution in [0.15, 0.2) is 12.1 Å². The van der Waals surface area contributed by atoms with Gasteiger partial charge in [0.15, 0.2) is 5.78 Å². The standard InChI is InChI=1S/C16H24N2O2/c1-12-9-14(16(20-4)10-13(12)2)15(19)11-18-7-5-17(3)6-8-18/h9-10H,5-8,11H2,1-4H3. The van der Waals surface area contributed by atoms with E-state index in [4.69, 9.17) is 4.74 Å². The Kier molecular flexibility index (Phi) is 4.78. The molecule has 0 N–H and O–H groups in total. The first-order valence-electron chi connectivity index (χ1n) is 7.10. The average molecular weight is 276 g/mol. The number of rotatable bonds is 4. The molecule has 110 valence electrons. The van der Waals surface area contributed by atoms with Gasteiger partial charge in [0.2, 0.25) is 0 Å². The Morgan fingerprint density at radius 1 is 1.15 bits per heavy atom. The number of aryl methyl sites for hydroxylation is 2. The third kappa shape index (κ3) is 3.38. The Labute approximate surface area is 121 Å². The molecule has 0 spiro atoms. The normalized spacial score (nSPS) is 17.2. The fourth-order valence-corrected chi connectivity index (χ4v) is 2.47. The number of hydrogen-bond donors (Lipinski definition) is 0. The lowest BCUT2D eigenvalue weighted by Gasteiger charge is -2.31. The van der Waals surface area contributed by atoms with Gasteiger partial charge in [-0.3, -0.25) is 9.69 Å². The number of methoxy groups -OCH3 is 1. The van der Waals surface area contributed by atoms with Gasteiger partial charge in [0.05, 0.1) is 19.2 Å². The molecule has 4 nitrogen and oxygen atoms in total. The van der Waals surface area contributed by atoms with Crippen LogP contribution in [-0.2, 0) is 0 Å². The quantitative estimate of drug-likeness (QED) is 0.784. The van der Waals surface area contributed by atoms with Gasteiger partial charge >= 0.3 is 0 Å². The lowest BCUT2D eigenvalue weighted by atomic mass is 10.0. The van der Waals surface area contributed by atoms with Crippen molar-refractivity contribution in [2.75, 3.05) is 46.9 Å². The summed E-state index contributed by atoms with van der Waals surface area (Å²) in [5, 5.41) is 0. The fraction of sp³-hybridized carbons (Fsp3) is 0.562. The molecule has 1 saturated heterocycles. The first kappa shape index (κ1) is 15.0. The molecule has 0 amide bonds. The second kappa shape index (κ2) is 6.37. The summed E-state index contributed by atoms with van der Waals surface area (Å²) in [5.74, 6) is 0.835. The molecule has 1 aliphatic rings.